The zero-order valence-electron chi connectivity index (χ0n) is 8.63. The Morgan fingerprint density at radius 3 is 2.12 bits per heavy atom. The highest BCUT2D eigenvalue weighted by Crippen LogP contribution is 2.29. The second-order valence-corrected chi connectivity index (χ2v) is 5.42. The van der Waals surface area contributed by atoms with Crippen LogP contribution in [0.5, 0.6) is 11.5 Å². The summed E-state index contributed by atoms with van der Waals surface area (Å²) < 4.78 is 32.8. The maximum atomic E-state index is 11.0. The van der Waals surface area contributed by atoms with Crippen molar-refractivity contribution in [1.29, 1.82) is 0 Å². The van der Waals surface area contributed by atoms with Crippen molar-refractivity contribution >= 4 is 10.0 Å². The molecule has 0 fully saturated rings. The van der Waals surface area contributed by atoms with Crippen LogP contribution in [0, 0.1) is 5.92 Å². The summed E-state index contributed by atoms with van der Waals surface area (Å²) in [5, 5.41) is 4.98. The van der Waals surface area contributed by atoms with E-state index in [1.807, 2.05) is 12.1 Å². The van der Waals surface area contributed by atoms with Crippen LogP contribution in [0.1, 0.15) is 0 Å². The van der Waals surface area contributed by atoms with Gasteiger partial charge in [-0.05, 0) is 12.1 Å². The standard InChI is InChI=1S/C10H13NO4S/c11-16(12,13)7-8-5-14-9-3-1-2-4-10(9)15-6-8/h1-4,8H,5-7H2,(H2,11,12,13). The fourth-order valence-corrected chi connectivity index (χ4v) is 2.43. The highest BCUT2D eigenvalue weighted by molar-refractivity contribution is 7.89. The van der Waals surface area contributed by atoms with Crippen molar-refractivity contribution in [1.82, 2.24) is 0 Å². The average molecular weight is 243 g/mol. The van der Waals surface area contributed by atoms with Crippen molar-refractivity contribution < 1.29 is 17.9 Å². The quantitative estimate of drug-likeness (QED) is 0.813. The van der Waals surface area contributed by atoms with Crippen LogP contribution in [0.4, 0.5) is 0 Å². The molecule has 0 radical (unpaired) electrons. The Kier molecular flexibility index (Phi) is 3.02. The van der Waals surface area contributed by atoms with E-state index in [1.54, 1.807) is 12.1 Å². The molecule has 0 unspecified atom stereocenters. The monoisotopic (exact) mass is 243 g/mol. The first-order valence-corrected chi connectivity index (χ1v) is 6.61. The first-order valence-electron chi connectivity index (χ1n) is 4.90. The van der Waals surface area contributed by atoms with Gasteiger partial charge in [-0.25, -0.2) is 13.6 Å². The molecule has 1 aliphatic rings. The number of hydrogen-bond acceptors (Lipinski definition) is 4. The molecule has 0 saturated carbocycles. The van der Waals surface area contributed by atoms with Crippen LogP contribution < -0.4 is 14.6 Å². The molecule has 0 aliphatic carbocycles. The summed E-state index contributed by atoms with van der Waals surface area (Å²) in [6, 6.07) is 7.24. The summed E-state index contributed by atoms with van der Waals surface area (Å²) >= 11 is 0. The lowest BCUT2D eigenvalue weighted by atomic mass is 10.2. The van der Waals surface area contributed by atoms with Crippen LogP contribution in [0.2, 0.25) is 0 Å². The zero-order chi connectivity index (χ0) is 11.6. The van der Waals surface area contributed by atoms with Crippen LogP contribution in [0.3, 0.4) is 0 Å². The van der Waals surface area contributed by atoms with Crippen molar-refractivity contribution in [2.75, 3.05) is 19.0 Å². The highest BCUT2D eigenvalue weighted by atomic mass is 32.2. The van der Waals surface area contributed by atoms with Crippen molar-refractivity contribution in [2.24, 2.45) is 11.1 Å². The maximum Gasteiger partial charge on any atom is 0.209 e. The number of fused-ring (bicyclic) bond motifs is 1. The van der Waals surface area contributed by atoms with Crippen molar-refractivity contribution in [2.45, 2.75) is 0 Å². The van der Waals surface area contributed by atoms with Gasteiger partial charge >= 0.3 is 0 Å². The van der Waals surface area contributed by atoms with Crippen LogP contribution in [0.25, 0.3) is 0 Å². The average Bonchev–Trinajstić information content (AvgIpc) is 2.39. The third-order valence-corrected chi connectivity index (χ3v) is 3.20. The van der Waals surface area contributed by atoms with Gasteiger partial charge in [0.15, 0.2) is 11.5 Å². The molecule has 0 saturated heterocycles. The molecule has 88 valence electrons. The van der Waals surface area contributed by atoms with E-state index in [0.29, 0.717) is 24.7 Å². The van der Waals surface area contributed by atoms with Gasteiger partial charge in [0.25, 0.3) is 0 Å². The molecule has 0 aromatic heterocycles. The van der Waals surface area contributed by atoms with Gasteiger partial charge in [0, 0.05) is 5.92 Å². The topological polar surface area (TPSA) is 78.6 Å². The van der Waals surface area contributed by atoms with Crippen molar-refractivity contribution in [3.8, 4) is 11.5 Å². The molecular weight excluding hydrogens is 230 g/mol. The van der Waals surface area contributed by atoms with E-state index in [9.17, 15) is 8.42 Å². The van der Waals surface area contributed by atoms with Crippen LogP contribution >= 0.6 is 0 Å². The minimum absolute atomic E-state index is 0.124. The van der Waals surface area contributed by atoms with Crippen molar-refractivity contribution in [3.05, 3.63) is 24.3 Å². The fourth-order valence-electron chi connectivity index (χ4n) is 1.58. The molecule has 16 heavy (non-hydrogen) atoms. The first-order chi connectivity index (χ1) is 7.54. The van der Waals surface area contributed by atoms with E-state index in [-0.39, 0.29) is 11.7 Å². The van der Waals surface area contributed by atoms with Crippen LogP contribution in [0.15, 0.2) is 24.3 Å². The Bertz CT molecular complexity index is 444. The van der Waals surface area contributed by atoms with Gasteiger partial charge in [-0.2, -0.15) is 0 Å². The molecule has 1 aliphatic heterocycles. The number of sulfonamides is 1. The Morgan fingerprint density at radius 1 is 1.19 bits per heavy atom. The Hall–Kier alpha value is -1.27. The number of benzene rings is 1. The largest absolute Gasteiger partial charge is 0.489 e. The summed E-state index contributed by atoms with van der Waals surface area (Å²) in [5.41, 5.74) is 0. The predicted molar refractivity (Wildman–Crippen MR) is 58.9 cm³/mol. The SMILES string of the molecule is NS(=O)(=O)CC1COc2ccccc2OC1. The third kappa shape index (κ3) is 2.86. The predicted octanol–water partition coefficient (Wildman–Crippen LogP) is 0.362. The smallest absolute Gasteiger partial charge is 0.209 e. The van der Waals surface area contributed by atoms with E-state index in [4.69, 9.17) is 14.6 Å². The van der Waals surface area contributed by atoms with E-state index < -0.39 is 10.0 Å². The van der Waals surface area contributed by atoms with Gasteiger partial charge < -0.3 is 9.47 Å². The molecule has 0 atom stereocenters. The second kappa shape index (κ2) is 4.31. The zero-order valence-corrected chi connectivity index (χ0v) is 9.44. The lowest BCUT2D eigenvalue weighted by Gasteiger charge is -2.11. The molecular formula is C10H13NO4S. The summed E-state index contributed by atoms with van der Waals surface area (Å²) in [4.78, 5) is 0. The van der Waals surface area contributed by atoms with Crippen LogP contribution in [-0.2, 0) is 10.0 Å². The number of ether oxygens (including phenoxy) is 2. The molecule has 5 nitrogen and oxygen atoms in total. The lowest BCUT2D eigenvalue weighted by Crippen LogP contribution is -2.29. The maximum absolute atomic E-state index is 11.0. The minimum atomic E-state index is -3.49. The Morgan fingerprint density at radius 2 is 1.69 bits per heavy atom. The highest BCUT2D eigenvalue weighted by Gasteiger charge is 2.21. The van der Waals surface area contributed by atoms with Gasteiger partial charge in [0.2, 0.25) is 10.0 Å². The molecule has 6 heteroatoms. The first kappa shape index (κ1) is 11.2. The number of hydrogen-bond donors (Lipinski definition) is 1. The Labute approximate surface area is 94.2 Å². The summed E-state index contributed by atoms with van der Waals surface area (Å²) in [5.74, 6) is 0.919. The van der Waals surface area contributed by atoms with Gasteiger partial charge in [0.05, 0.1) is 19.0 Å². The fraction of sp³-hybridized carbons (Fsp3) is 0.400. The normalized spacial score (nSPS) is 16.8. The third-order valence-electron chi connectivity index (χ3n) is 2.27. The molecule has 1 heterocycles. The number of nitrogens with two attached hydrogens (primary N) is 1. The molecule has 0 amide bonds. The molecule has 0 bridgehead atoms. The molecule has 1 aromatic rings. The summed E-state index contributed by atoms with van der Waals surface area (Å²) in [6.07, 6.45) is 0. The molecule has 2 rings (SSSR count). The second-order valence-electron chi connectivity index (χ2n) is 3.76. The molecule has 1 aromatic carbocycles. The molecule has 0 spiro atoms. The van der Waals surface area contributed by atoms with Gasteiger partial charge in [-0.15, -0.1) is 0 Å². The van der Waals surface area contributed by atoms with Crippen molar-refractivity contribution in [3.63, 3.8) is 0 Å². The van der Waals surface area contributed by atoms with E-state index >= 15 is 0 Å². The minimum Gasteiger partial charge on any atom is -0.489 e. The molecule has 2 N–H and O–H groups in total. The lowest BCUT2D eigenvalue weighted by molar-refractivity contribution is 0.229. The van der Waals surface area contributed by atoms with E-state index in [2.05, 4.69) is 0 Å². The number of para-hydroxylation sites is 2. The Balaban J connectivity index is 2.08. The number of rotatable bonds is 2. The summed E-state index contributed by atoms with van der Waals surface area (Å²) in [6.45, 7) is 0.598. The summed E-state index contributed by atoms with van der Waals surface area (Å²) in [7, 11) is -3.49. The van der Waals surface area contributed by atoms with Gasteiger partial charge in [0.1, 0.15) is 0 Å². The van der Waals surface area contributed by atoms with Gasteiger partial charge in [-0.1, -0.05) is 12.1 Å². The van der Waals surface area contributed by atoms with Gasteiger partial charge in [-0.3, -0.25) is 0 Å². The van der Waals surface area contributed by atoms with E-state index in [1.165, 1.54) is 0 Å². The number of primary sulfonamides is 1. The van der Waals surface area contributed by atoms with Crippen LogP contribution in [-0.4, -0.2) is 27.4 Å². The van der Waals surface area contributed by atoms with E-state index in [0.717, 1.165) is 0 Å².